The zero-order valence-corrected chi connectivity index (χ0v) is 22.7. The number of rotatable bonds is 28. The maximum atomic E-state index is 12.0. The van der Waals surface area contributed by atoms with E-state index in [-0.39, 0.29) is 0 Å². The molecular weight excluding hydrogens is 388 g/mol. The SMILES string of the molecule is CCCCCCCCCCCCCCCCCCCCCC(=O)CCCCCCCCC. The average molecular weight is 451 g/mol. The Kier molecular flexibility index (Phi) is 28.4. The molecule has 0 amide bonds. The van der Waals surface area contributed by atoms with E-state index in [4.69, 9.17) is 0 Å². The molecule has 192 valence electrons. The van der Waals surface area contributed by atoms with Crippen molar-refractivity contribution < 1.29 is 4.79 Å². The van der Waals surface area contributed by atoms with Gasteiger partial charge in [-0.2, -0.15) is 0 Å². The molecular formula is C31H62O. The fourth-order valence-corrected chi connectivity index (χ4v) is 4.80. The Morgan fingerprint density at radius 1 is 0.312 bits per heavy atom. The number of Topliss-reactive ketones (excluding diaryl/α,β-unsaturated/α-hetero) is 1. The number of carbonyl (C=O) groups excluding carboxylic acids is 1. The minimum absolute atomic E-state index is 0.519. The molecule has 0 aromatic heterocycles. The Morgan fingerprint density at radius 2 is 0.500 bits per heavy atom. The number of hydrogen-bond donors (Lipinski definition) is 0. The van der Waals surface area contributed by atoms with E-state index in [9.17, 15) is 4.79 Å². The van der Waals surface area contributed by atoms with Crippen molar-refractivity contribution in [2.45, 2.75) is 194 Å². The molecule has 0 radical (unpaired) electrons. The van der Waals surface area contributed by atoms with Gasteiger partial charge in [-0.25, -0.2) is 0 Å². The van der Waals surface area contributed by atoms with Gasteiger partial charge in [0, 0.05) is 12.8 Å². The molecule has 0 fully saturated rings. The van der Waals surface area contributed by atoms with E-state index >= 15 is 0 Å². The molecule has 0 aromatic rings. The van der Waals surface area contributed by atoms with Gasteiger partial charge in [-0.05, 0) is 12.8 Å². The van der Waals surface area contributed by atoms with E-state index in [1.807, 2.05) is 0 Å². The minimum Gasteiger partial charge on any atom is -0.300 e. The molecule has 0 aliphatic rings. The van der Waals surface area contributed by atoms with Crippen molar-refractivity contribution in [1.82, 2.24) is 0 Å². The summed E-state index contributed by atoms with van der Waals surface area (Å²) in [5, 5.41) is 0. The predicted octanol–water partition coefficient (Wildman–Crippen LogP) is 11.5. The largest absolute Gasteiger partial charge is 0.300 e. The molecule has 32 heavy (non-hydrogen) atoms. The van der Waals surface area contributed by atoms with Crippen LogP contribution in [0.4, 0.5) is 0 Å². The summed E-state index contributed by atoms with van der Waals surface area (Å²) < 4.78 is 0. The summed E-state index contributed by atoms with van der Waals surface area (Å²) in [5.74, 6) is 0.519. The Bertz CT molecular complexity index is 348. The lowest BCUT2D eigenvalue weighted by molar-refractivity contribution is -0.119. The maximum absolute atomic E-state index is 12.0. The van der Waals surface area contributed by atoms with E-state index in [1.54, 1.807) is 0 Å². The van der Waals surface area contributed by atoms with Crippen molar-refractivity contribution in [3.8, 4) is 0 Å². The van der Waals surface area contributed by atoms with Gasteiger partial charge in [0.2, 0.25) is 0 Å². The zero-order valence-electron chi connectivity index (χ0n) is 22.7. The van der Waals surface area contributed by atoms with Gasteiger partial charge in [0.1, 0.15) is 5.78 Å². The summed E-state index contributed by atoms with van der Waals surface area (Å²) in [7, 11) is 0. The van der Waals surface area contributed by atoms with Crippen LogP contribution in [0.3, 0.4) is 0 Å². The van der Waals surface area contributed by atoms with Crippen LogP contribution in [-0.2, 0) is 4.79 Å². The predicted molar refractivity (Wildman–Crippen MR) is 146 cm³/mol. The standard InChI is InChI=1S/C31H62O/c1-3-5-7-9-11-12-13-14-15-16-17-18-19-20-21-22-24-26-28-30-31(32)29-27-25-23-10-8-6-4-2/h3-30H2,1-2H3. The third-order valence-electron chi connectivity index (χ3n) is 7.12. The normalized spacial score (nSPS) is 11.3. The molecule has 0 N–H and O–H groups in total. The van der Waals surface area contributed by atoms with Crippen molar-refractivity contribution >= 4 is 5.78 Å². The summed E-state index contributed by atoms with van der Waals surface area (Å²) in [6.07, 6.45) is 37.6. The van der Waals surface area contributed by atoms with E-state index < -0.39 is 0 Å². The van der Waals surface area contributed by atoms with Crippen LogP contribution in [0.2, 0.25) is 0 Å². The second kappa shape index (κ2) is 28.7. The van der Waals surface area contributed by atoms with Crippen molar-refractivity contribution in [1.29, 1.82) is 0 Å². The highest BCUT2D eigenvalue weighted by molar-refractivity contribution is 5.78. The second-order valence-corrected chi connectivity index (χ2v) is 10.5. The summed E-state index contributed by atoms with van der Waals surface area (Å²) in [4.78, 5) is 12.0. The van der Waals surface area contributed by atoms with Crippen molar-refractivity contribution in [3.63, 3.8) is 0 Å². The van der Waals surface area contributed by atoms with Crippen LogP contribution < -0.4 is 0 Å². The van der Waals surface area contributed by atoms with E-state index in [0.717, 1.165) is 25.7 Å². The lowest BCUT2D eigenvalue weighted by Gasteiger charge is -2.04. The van der Waals surface area contributed by atoms with Gasteiger partial charge in [0.25, 0.3) is 0 Å². The first-order valence-corrected chi connectivity index (χ1v) is 15.3. The van der Waals surface area contributed by atoms with Crippen LogP contribution in [0.15, 0.2) is 0 Å². The fraction of sp³-hybridized carbons (Fsp3) is 0.968. The number of unbranched alkanes of at least 4 members (excludes halogenated alkanes) is 24. The molecule has 0 aliphatic heterocycles. The Morgan fingerprint density at radius 3 is 0.719 bits per heavy atom. The molecule has 0 saturated carbocycles. The average Bonchev–Trinajstić information content (AvgIpc) is 2.80. The maximum Gasteiger partial charge on any atom is 0.132 e. The number of ketones is 1. The highest BCUT2D eigenvalue weighted by Gasteiger charge is 2.02. The van der Waals surface area contributed by atoms with Crippen LogP contribution in [0.1, 0.15) is 194 Å². The molecule has 0 aromatic carbocycles. The highest BCUT2D eigenvalue weighted by atomic mass is 16.1. The lowest BCUT2D eigenvalue weighted by Crippen LogP contribution is -1.97. The first-order chi connectivity index (χ1) is 15.8. The highest BCUT2D eigenvalue weighted by Crippen LogP contribution is 2.15. The van der Waals surface area contributed by atoms with Gasteiger partial charge < -0.3 is 0 Å². The Labute approximate surface area is 204 Å². The molecule has 0 heterocycles. The summed E-state index contributed by atoms with van der Waals surface area (Å²) >= 11 is 0. The number of carbonyl (C=O) groups is 1. The van der Waals surface area contributed by atoms with Gasteiger partial charge >= 0.3 is 0 Å². The van der Waals surface area contributed by atoms with Gasteiger partial charge in [-0.1, -0.05) is 168 Å². The van der Waals surface area contributed by atoms with Gasteiger partial charge in [0.05, 0.1) is 0 Å². The molecule has 0 rings (SSSR count). The molecule has 0 unspecified atom stereocenters. The van der Waals surface area contributed by atoms with Crippen LogP contribution in [-0.4, -0.2) is 5.78 Å². The monoisotopic (exact) mass is 450 g/mol. The Balaban J connectivity index is 3.10. The topological polar surface area (TPSA) is 17.1 Å². The minimum atomic E-state index is 0.519. The van der Waals surface area contributed by atoms with Crippen LogP contribution in [0.25, 0.3) is 0 Å². The smallest absolute Gasteiger partial charge is 0.132 e. The molecule has 0 aliphatic carbocycles. The number of hydrogen-bond acceptors (Lipinski definition) is 1. The van der Waals surface area contributed by atoms with E-state index in [1.165, 1.54) is 154 Å². The van der Waals surface area contributed by atoms with Crippen LogP contribution >= 0.6 is 0 Å². The van der Waals surface area contributed by atoms with Gasteiger partial charge in [-0.3, -0.25) is 4.79 Å². The third kappa shape index (κ3) is 27.7. The second-order valence-electron chi connectivity index (χ2n) is 10.5. The third-order valence-corrected chi connectivity index (χ3v) is 7.12. The first-order valence-electron chi connectivity index (χ1n) is 15.3. The molecule has 0 spiro atoms. The molecule has 1 heteroatoms. The fourth-order valence-electron chi connectivity index (χ4n) is 4.80. The van der Waals surface area contributed by atoms with Crippen molar-refractivity contribution in [3.05, 3.63) is 0 Å². The summed E-state index contributed by atoms with van der Waals surface area (Å²) in [6.45, 7) is 4.56. The van der Waals surface area contributed by atoms with Gasteiger partial charge in [0.15, 0.2) is 0 Å². The zero-order chi connectivity index (χ0) is 23.4. The van der Waals surface area contributed by atoms with Gasteiger partial charge in [-0.15, -0.1) is 0 Å². The summed E-state index contributed by atoms with van der Waals surface area (Å²) in [6, 6.07) is 0. The molecule has 0 saturated heterocycles. The quantitative estimate of drug-likeness (QED) is 0.108. The Hall–Kier alpha value is -0.330. The molecule has 0 bridgehead atoms. The van der Waals surface area contributed by atoms with E-state index in [0.29, 0.717) is 5.78 Å². The molecule has 1 nitrogen and oxygen atoms in total. The van der Waals surface area contributed by atoms with Crippen molar-refractivity contribution in [2.75, 3.05) is 0 Å². The van der Waals surface area contributed by atoms with Crippen molar-refractivity contribution in [2.24, 2.45) is 0 Å². The lowest BCUT2D eigenvalue weighted by atomic mass is 10.0. The van der Waals surface area contributed by atoms with E-state index in [2.05, 4.69) is 13.8 Å². The van der Waals surface area contributed by atoms with Crippen LogP contribution in [0.5, 0.6) is 0 Å². The summed E-state index contributed by atoms with van der Waals surface area (Å²) in [5.41, 5.74) is 0. The van der Waals surface area contributed by atoms with Crippen LogP contribution in [0, 0.1) is 0 Å². The first kappa shape index (κ1) is 31.7. The molecule has 0 atom stereocenters.